The topological polar surface area (TPSA) is 3.24 Å². The molecule has 112 valence electrons. The summed E-state index contributed by atoms with van der Waals surface area (Å²) < 4.78 is 0. The van der Waals surface area contributed by atoms with Gasteiger partial charge >= 0.3 is 0 Å². The van der Waals surface area contributed by atoms with E-state index in [9.17, 15) is 0 Å². The number of benzene rings is 1. The van der Waals surface area contributed by atoms with Gasteiger partial charge in [0.1, 0.15) is 0 Å². The zero-order chi connectivity index (χ0) is 15.7. The molecule has 0 aliphatic rings. The van der Waals surface area contributed by atoms with E-state index < -0.39 is 0 Å². The van der Waals surface area contributed by atoms with E-state index in [-0.39, 0.29) is 10.8 Å². The first-order chi connectivity index (χ1) is 8.98. The van der Waals surface area contributed by atoms with Crippen LogP contribution in [0.25, 0.3) is 0 Å². The number of rotatable bonds is 2. The van der Waals surface area contributed by atoms with Gasteiger partial charge in [0.15, 0.2) is 0 Å². The van der Waals surface area contributed by atoms with Gasteiger partial charge in [0.2, 0.25) is 0 Å². The van der Waals surface area contributed by atoms with Crippen LogP contribution in [0.5, 0.6) is 0 Å². The molecule has 0 radical (unpaired) electrons. The Bertz CT molecular complexity index is 489. The molecule has 0 saturated carbocycles. The van der Waals surface area contributed by atoms with E-state index in [1.165, 1.54) is 16.8 Å². The van der Waals surface area contributed by atoms with Gasteiger partial charge in [-0.3, -0.25) is 0 Å². The summed E-state index contributed by atoms with van der Waals surface area (Å²) in [7, 11) is 2.09. The summed E-state index contributed by atoms with van der Waals surface area (Å²) in [6.07, 6.45) is 0.898. The molecule has 1 aromatic rings. The largest absolute Gasteiger partial charge is 0.339 e. The Balaban J connectivity index is 3.46. The molecular weight excluding hydrogens is 262 g/mol. The quantitative estimate of drug-likeness (QED) is 0.666. The molecule has 0 bridgehead atoms. The molecule has 1 rings (SSSR count). The first kappa shape index (κ1) is 17.2. The van der Waals surface area contributed by atoms with E-state index in [4.69, 9.17) is 12.2 Å². The van der Waals surface area contributed by atoms with Gasteiger partial charge in [0.05, 0.1) is 4.99 Å². The summed E-state index contributed by atoms with van der Waals surface area (Å²) >= 11 is 5.51. The van der Waals surface area contributed by atoms with Crippen molar-refractivity contribution >= 4 is 22.9 Å². The predicted octanol–water partition coefficient (Wildman–Crippen LogP) is 5.46. The maximum Gasteiger partial charge on any atom is 0.0818 e. The Morgan fingerprint density at radius 2 is 1.60 bits per heavy atom. The Labute approximate surface area is 130 Å². The fourth-order valence-electron chi connectivity index (χ4n) is 2.28. The molecule has 0 heterocycles. The minimum atomic E-state index is 0.114. The van der Waals surface area contributed by atoms with E-state index in [0.29, 0.717) is 0 Å². The van der Waals surface area contributed by atoms with Gasteiger partial charge in [-0.25, -0.2) is 0 Å². The van der Waals surface area contributed by atoms with Crippen molar-refractivity contribution in [2.75, 3.05) is 11.9 Å². The van der Waals surface area contributed by atoms with Crippen molar-refractivity contribution in [3.63, 3.8) is 0 Å². The number of thiocarbonyl (C=S) groups is 1. The van der Waals surface area contributed by atoms with Crippen LogP contribution in [0.2, 0.25) is 0 Å². The molecule has 1 aromatic carbocycles. The van der Waals surface area contributed by atoms with Crippen molar-refractivity contribution in [3.05, 3.63) is 29.3 Å². The van der Waals surface area contributed by atoms with Crippen molar-refractivity contribution in [2.45, 2.75) is 65.7 Å². The molecule has 0 atom stereocenters. The van der Waals surface area contributed by atoms with Crippen molar-refractivity contribution in [1.29, 1.82) is 0 Å². The third-order valence-electron chi connectivity index (χ3n) is 3.71. The molecule has 0 aliphatic carbocycles. The number of hydrogen-bond acceptors (Lipinski definition) is 1. The first-order valence-corrected chi connectivity index (χ1v) is 7.81. The average molecular weight is 292 g/mol. The number of nitrogens with zero attached hydrogens (tertiary/aromatic N) is 1. The molecule has 2 heteroatoms. The molecule has 20 heavy (non-hydrogen) atoms. The fraction of sp³-hybridized carbons (Fsp3) is 0.611. The smallest absolute Gasteiger partial charge is 0.0818 e. The Morgan fingerprint density at radius 1 is 1.05 bits per heavy atom. The number of anilines is 1. The van der Waals surface area contributed by atoms with Crippen LogP contribution in [0.1, 0.15) is 66.0 Å². The Morgan fingerprint density at radius 3 is 2.00 bits per heavy atom. The van der Waals surface area contributed by atoms with Crippen LogP contribution in [-0.4, -0.2) is 12.0 Å². The average Bonchev–Trinajstić information content (AvgIpc) is 2.34. The van der Waals surface area contributed by atoms with Crippen LogP contribution in [0, 0.1) is 0 Å². The van der Waals surface area contributed by atoms with Crippen molar-refractivity contribution in [2.24, 2.45) is 0 Å². The second kappa shape index (κ2) is 5.85. The highest BCUT2D eigenvalue weighted by atomic mass is 32.1. The molecule has 1 nitrogen and oxygen atoms in total. The van der Waals surface area contributed by atoms with Gasteiger partial charge < -0.3 is 4.90 Å². The van der Waals surface area contributed by atoms with Crippen LogP contribution in [0.3, 0.4) is 0 Å². The zero-order valence-corrected chi connectivity index (χ0v) is 15.1. The monoisotopic (exact) mass is 291 g/mol. The lowest BCUT2D eigenvalue weighted by Crippen LogP contribution is -2.28. The summed E-state index contributed by atoms with van der Waals surface area (Å²) in [5.41, 5.74) is 4.22. The van der Waals surface area contributed by atoms with Crippen LogP contribution in [0.15, 0.2) is 18.2 Å². The van der Waals surface area contributed by atoms with Crippen molar-refractivity contribution in [1.82, 2.24) is 0 Å². The first-order valence-electron chi connectivity index (χ1n) is 7.40. The minimum absolute atomic E-state index is 0.114. The highest BCUT2D eigenvalue weighted by molar-refractivity contribution is 7.80. The van der Waals surface area contributed by atoms with Crippen molar-refractivity contribution < 1.29 is 0 Å². The maximum atomic E-state index is 5.51. The molecule has 0 unspecified atom stereocenters. The fourth-order valence-corrected chi connectivity index (χ4v) is 2.38. The lowest BCUT2D eigenvalue weighted by Gasteiger charge is -2.31. The van der Waals surface area contributed by atoms with Crippen LogP contribution in [0.4, 0.5) is 5.69 Å². The highest BCUT2D eigenvalue weighted by Gasteiger charge is 2.23. The highest BCUT2D eigenvalue weighted by Crippen LogP contribution is 2.35. The summed E-state index contributed by atoms with van der Waals surface area (Å²) in [6.45, 7) is 15.6. The third kappa shape index (κ3) is 3.82. The van der Waals surface area contributed by atoms with Crippen LogP contribution in [-0.2, 0) is 10.8 Å². The van der Waals surface area contributed by atoms with Gasteiger partial charge in [-0.1, -0.05) is 72.8 Å². The summed E-state index contributed by atoms with van der Waals surface area (Å²) in [5.74, 6) is 0. The Hall–Kier alpha value is -0.890. The Kier molecular flexibility index (Phi) is 5.02. The van der Waals surface area contributed by atoms with E-state index in [2.05, 4.69) is 78.6 Å². The second-order valence-electron chi connectivity index (χ2n) is 7.54. The molecule has 0 saturated heterocycles. The molecule has 0 fully saturated rings. The SMILES string of the molecule is CCC(=S)N(C)c1cc(C(C)(C)C)ccc1C(C)(C)C. The van der Waals surface area contributed by atoms with E-state index in [0.717, 1.165) is 11.4 Å². The van der Waals surface area contributed by atoms with Gasteiger partial charge in [0.25, 0.3) is 0 Å². The summed E-state index contributed by atoms with van der Waals surface area (Å²) in [5, 5.41) is 0. The van der Waals surface area contributed by atoms with Gasteiger partial charge in [-0.05, 0) is 34.4 Å². The lowest BCUT2D eigenvalue weighted by molar-refractivity contribution is 0.577. The molecule has 0 spiro atoms. The normalized spacial score (nSPS) is 12.4. The van der Waals surface area contributed by atoms with Crippen molar-refractivity contribution in [3.8, 4) is 0 Å². The van der Waals surface area contributed by atoms with Gasteiger partial charge in [-0.2, -0.15) is 0 Å². The molecule has 0 N–H and O–H groups in total. The van der Waals surface area contributed by atoms with Gasteiger partial charge in [-0.15, -0.1) is 0 Å². The van der Waals surface area contributed by atoms with E-state index in [1.54, 1.807) is 0 Å². The summed E-state index contributed by atoms with van der Waals surface area (Å²) in [4.78, 5) is 3.16. The predicted molar refractivity (Wildman–Crippen MR) is 95.1 cm³/mol. The van der Waals surface area contributed by atoms with E-state index >= 15 is 0 Å². The molecule has 0 aliphatic heterocycles. The minimum Gasteiger partial charge on any atom is -0.339 e. The number of hydrogen-bond donors (Lipinski definition) is 0. The molecule has 0 aromatic heterocycles. The van der Waals surface area contributed by atoms with Crippen LogP contribution < -0.4 is 4.90 Å². The molecular formula is C18H29NS. The summed E-state index contributed by atoms with van der Waals surface area (Å²) in [6, 6.07) is 6.83. The lowest BCUT2D eigenvalue weighted by atomic mass is 9.81. The van der Waals surface area contributed by atoms with Gasteiger partial charge in [0, 0.05) is 12.7 Å². The van der Waals surface area contributed by atoms with E-state index in [1.807, 2.05) is 0 Å². The zero-order valence-electron chi connectivity index (χ0n) is 14.3. The van der Waals surface area contributed by atoms with Crippen LogP contribution >= 0.6 is 12.2 Å². The second-order valence-corrected chi connectivity index (χ2v) is 8.01. The molecule has 0 amide bonds. The third-order valence-corrected chi connectivity index (χ3v) is 4.27. The standard InChI is InChI=1S/C18H29NS/c1-9-16(20)19(8)15-12-13(17(2,3)4)10-11-14(15)18(5,6)7/h10-12H,9H2,1-8H3. The maximum absolute atomic E-state index is 5.51.